The lowest BCUT2D eigenvalue weighted by molar-refractivity contribution is 0.415. The van der Waals surface area contributed by atoms with Crippen molar-refractivity contribution in [3.8, 4) is 27.9 Å². The van der Waals surface area contributed by atoms with E-state index in [1.165, 1.54) is 11.3 Å². The molecule has 0 aliphatic heterocycles. The van der Waals surface area contributed by atoms with E-state index in [-0.39, 0.29) is 0 Å². The molecule has 2 N–H and O–H groups in total. The molecule has 0 radical (unpaired) electrons. The summed E-state index contributed by atoms with van der Waals surface area (Å²) in [5.74, 6) is 1.84. The molecule has 3 rings (SSSR count). The first kappa shape index (κ1) is 12.7. The Labute approximate surface area is 120 Å². The third-order valence-corrected chi connectivity index (χ3v) is 3.96. The third kappa shape index (κ3) is 2.25. The van der Waals surface area contributed by atoms with Gasteiger partial charge in [-0.15, -0.1) is 11.3 Å². The van der Waals surface area contributed by atoms with Crippen molar-refractivity contribution in [2.75, 3.05) is 12.8 Å². The molecule has 0 bridgehead atoms. The van der Waals surface area contributed by atoms with E-state index in [4.69, 9.17) is 15.0 Å². The van der Waals surface area contributed by atoms with Crippen molar-refractivity contribution in [2.24, 2.45) is 0 Å². The molecule has 6 heteroatoms. The second-order valence-electron chi connectivity index (χ2n) is 4.31. The number of nitrogen functional groups attached to an aromatic ring is 1. The minimum absolute atomic E-state index is 0.495. The Bertz CT molecular complexity index is 731. The lowest BCUT2D eigenvalue weighted by Crippen LogP contribution is -1.84. The first-order valence-electron chi connectivity index (χ1n) is 6.02. The molecule has 3 aromatic rings. The fourth-order valence-electron chi connectivity index (χ4n) is 1.89. The molecule has 0 aliphatic rings. The van der Waals surface area contributed by atoms with Crippen LogP contribution in [0, 0.1) is 6.92 Å². The van der Waals surface area contributed by atoms with E-state index >= 15 is 0 Å². The average Bonchev–Trinajstić information content (AvgIpc) is 3.05. The quantitative estimate of drug-likeness (QED) is 0.799. The summed E-state index contributed by atoms with van der Waals surface area (Å²) in [6.07, 6.45) is 0. The molecule has 0 spiro atoms. The minimum atomic E-state index is 0.495. The van der Waals surface area contributed by atoms with Gasteiger partial charge in [0.1, 0.15) is 5.75 Å². The van der Waals surface area contributed by atoms with Crippen LogP contribution in [0.4, 0.5) is 5.00 Å². The lowest BCUT2D eigenvalue weighted by Gasteiger charge is -1.98. The average molecular weight is 287 g/mol. The van der Waals surface area contributed by atoms with Crippen LogP contribution in [0.2, 0.25) is 0 Å². The van der Waals surface area contributed by atoms with E-state index in [0.717, 1.165) is 26.8 Å². The molecule has 0 amide bonds. The summed E-state index contributed by atoms with van der Waals surface area (Å²) in [6.45, 7) is 1.97. The van der Waals surface area contributed by atoms with Gasteiger partial charge in [0.2, 0.25) is 5.82 Å². The number of hydrogen-bond donors (Lipinski definition) is 1. The Morgan fingerprint density at radius 3 is 2.60 bits per heavy atom. The smallest absolute Gasteiger partial charge is 0.268 e. The summed E-state index contributed by atoms with van der Waals surface area (Å²) < 4.78 is 10.4. The highest BCUT2D eigenvalue weighted by Crippen LogP contribution is 2.33. The fraction of sp³-hybridized carbons (Fsp3) is 0.143. The van der Waals surface area contributed by atoms with Crippen molar-refractivity contribution in [1.82, 2.24) is 10.1 Å². The molecule has 0 saturated carbocycles. The first-order valence-corrected chi connectivity index (χ1v) is 6.83. The number of aryl methyl sites for hydroxylation is 1. The van der Waals surface area contributed by atoms with Gasteiger partial charge in [-0.05, 0) is 42.8 Å². The molecule has 20 heavy (non-hydrogen) atoms. The zero-order valence-electron chi connectivity index (χ0n) is 11.1. The van der Waals surface area contributed by atoms with Crippen molar-refractivity contribution >= 4 is 16.3 Å². The highest BCUT2D eigenvalue weighted by Gasteiger charge is 2.15. The molecule has 5 nitrogen and oxygen atoms in total. The van der Waals surface area contributed by atoms with Crippen LogP contribution in [-0.4, -0.2) is 17.3 Å². The normalized spacial score (nSPS) is 10.7. The number of methoxy groups -OCH3 is 1. The van der Waals surface area contributed by atoms with Gasteiger partial charge in [0.25, 0.3) is 5.89 Å². The van der Waals surface area contributed by atoms with Gasteiger partial charge in [-0.2, -0.15) is 4.98 Å². The van der Waals surface area contributed by atoms with Crippen LogP contribution in [0.25, 0.3) is 22.2 Å². The van der Waals surface area contributed by atoms with Gasteiger partial charge >= 0.3 is 0 Å². The fourth-order valence-corrected chi connectivity index (χ4v) is 2.75. The third-order valence-electron chi connectivity index (χ3n) is 2.91. The molecule has 0 saturated heterocycles. The van der Waals surface area contributed by atoms with Crippen LogP contribution in [0.5, 0.6) is 5.75 Å². The summed E-state index contributed by atoms with van der Waals surface area (Å²) in [4.78, 5) is 5.33. The number of ether oxygens (including phenoxy) is 1. The predicted octanol–water partition coefficient (Wildman–Crippen LogP) is 3.36. The largest absolute Gasteiger partial charge is 0.497 e. The maximum atomic E-state index is 5.78. The van der Waals surface area contributed by atoms with Crippen molar-refractivity contribution in [3.05, 3.63) is 35.9 Å². The van der Waals surface area contributed by atoms with Gasteiger partial charge < -0.3 is 15.0 Å². The van der Waals surface area contributed by atoms with Crippen molar-refractivity contribution in [1.29, 1.82) is 0 Å². The number of benzene rings is 1. The van der Waals surface area contributed by atoms with E-state index < -0.39 is 0 Å². The van der Waals surface area contributed by atoms with E-state index in [1.54, 1.807) is 7.11 Å². The Kier molecular flexibility index (Phi) is 3.15. The van der Waals surface area contributed by atoms with Crippen LogP contribution >= 0.6 is 11.3 Å². The Morgan fingerprint density at radius 2 is 2.00 bits per heavy atom. The van der Waals surface area contributed by atoms with E-state index in [0.29, 0.717) is 11.7 Å². The van der Waals surface area contributed by atoms with Gasteiger partial charge in [0, 0.05) is 5.56 Å². The Balaban J connectivity index is 1.95. The van der Waals surface area contributed by atoms with Gasteiger partial charge in [0.05, 0.1) is 17.0 Å². The zero-order valence-corrected chi connectivity index (χ0v) is 11.9. The molecular formula is C14H13N3O2S. The Hall–Kier alpha value is -2.34. The molecule has 0 atom stereocenters. The van der Waals surface area contributed by atoms with Crippen molar-refractivity contribution in [3.63, 3.8) is 0 Å². The molecule has 0 fully saturated rings. The van der Waals surface area contributed by atoms with Crippen LogP contribution in [0.15, 0.2) is 34.9 Å². The SMILES string of the molecule is COc1ccc(-c2noc(-c3sc(N)cc3C)n2)cc1. The number of anilines is 1. The molecule has 0 unspecified atom stereocenters. The number of rotatable bonds is 3. The molecular weight excluding hydrogens is 274 g/mol. The number of thiophene rings is 1. The number of aromatic nitrogens is 2. The maximum Gasteiger partial charge on any atom is 0.268 e. The van der Waals surface area contributed by atoms with Crippen molar-refractivity contribution in [2.45, 2.75) is 6.92 Å². The summed E-state index contributed by atoms with van der Waals surface area (Å²) in [7, 11) is 1.63. The van der Waals surface area contributed by atoms with E-state index in [1.807, 2.05) is 37.3 Å². The predicted molar refractivity (Wildman–Crippen MR) is 78.7 cm³/mol. The van der Waals surface area contributed by atoms with E-state index in [2.05, 4.69) is 10.1 Å². The first-order chi connectivity index (χ1) is 9.67. The van der Waals surface area contributed by atoms with E-state index in [9.17, 15) is 0 Å². The summed E-state index contributed by atoms with van der Waals surface area (Å²) in [5, 5.41) is 4.75. The van der Waals surface area contributed by atoms with Gasteiger partial charge in [-0.3, -0.25) is 0 Å². The zero-order chi connectivity index (χ0) is 14.1. The molecule has 102 valence electrons. The highest BCUT2D eigenvalue weighted by atomic mass is 32.1. The topological polar surface area (TPSA) is 74.2 Å². The Morgan fingerprint density at radius 1 is 1.25 bits per heavy atom. The highest BCUT2D eigenvalue weighted by molar-refractivity contribution is 7.19. The maximum absolute atomic E-state index is 5.78. The van der Waals surface area contributed by atoms with Gasteiger partial charge in [-0.25, -0.2) is 0 Å². The van der Waals surface area contributed by atoms with Crippen LogP contribution in [0.1, 0.15) is 5.56 Å². The number of nitrogens with zero attached hydrogens (tertiary/aromatic N) is 2. The summed E-state index contributed by atoms with van der Waals surface area (Å²) >= 11 is 1.44. The van der Waals surface area contributed by atoms with Gasteiger partial charge in [0.15, 0.2) is 0 Å². The summed E-state index contributed by atoms with van der Waals surface area (Å²) in [6, 6.07) is 9.41. The molecule has 2 heterocycles. The number of nitrogens with two attached hydrogens (primary N) is 1. The minimum Gasteiger partial charge on any atom is -0.497 e. The molecule has 2 aromatic heterocycles. The number of hydrogen-bond acceptors (Lipinski definition) is 6. The second kappa shape index (κ2) is 4.97. The summed E-state index contributed by atoms with van der Waals surface area (Å²) in [5.41, 5.74) is 7.70. The van der Waals surface area contributed by atoms with Crippen LogP contribution in [-0.2, 0) is 0 Å². The van der Waals surface area contributed by atoms with Gasteiger partial charge in [-0.1, -0.05) is 5.16 Å². The van der Waals surface area contributed by atoms with Crippen LogP contribution < -0.4 is 10.5 Å². The molecule has 1 aromatic carbocycles. The lowest BCUT2D eigenvalue weighted by atomic mass is 10.2. The monoisotopic (exact) mass is 287 g/mol. The standard InChI is InChI=1S/C14H13N3O2S/c1-8-7-11(15)20-12(8)14-16-13(17-19-14)9-3-5-10(18-2)6-4-9/h3-7H,15H2,1-2H3. The van der Waals surface area contributed by atoms with Crippen LogP contribution in [0.3, 0.4) is 0 Å². The molecule has 0 aliphatic carbocycles. The second-order valence-corrected chi connectivity index (χ2v) is 5.40. The van der Waals surface area contributed by atoms with Crippen molar-refractivity contribution < 1.29 is 9.26 Å².